The molecule has 0 saturated heterocycles. The quantitative estimate of drug-likeness (QED) is 0.0567. The van der Waals surface area contributed by atoms with E-state index in [-0.39, 0.29) is 59.8 Å². The van der Waals surface area contributed by atoms with E-state index in [1.54, 1.807) is 13.8 Å². The number of carbonyl (C=O) groups excluding carboxylic acids is 4. The summed E-state index contributed by atoms with van der Waals surface area (Å²) in [5.74, 6) is -2.18. The monoisotopic (exact) mass is 768 g/mol. The summed E-state index contributed by atoms with van der Waals surface area (Å²) in [6.45, 7) is 8.28. The Morgan fingerprint density at radius 2 is 1.30 bits per heavy atom. The molecule has 16 heteroatoms. The number of methoxy groups -OCH3 is 2. The predicted molar refractivity (Wildman–Crippen MR) is 185 cm³/mol. The minimum atomic E-state index is -0.719. The Morgan fingerprint density at radius 1 is 0.760 bits per heavy atom. The number of para-hydroxylation sites is 1. The second kappa shape index (κ2) is 24.7. The van der Waals surface area contributed by atoms with Gasteiger partial charge in [-0.15, -0.1) is 5.10 Å². The number of hydrogen-bond donors (Lipinski definition) is 0. The average molecular weight is 770 g/mol. The number of halogens is 1. The molecule has 0 spiro atoms. The minimum Gasteiger partial charge on any atom is -0.469 e. The largest absolute Gasteiger partial charge is 1.00 e. The minimum absolute atomic E-state index is 0. The first-order valence-corrected chi connectivity index (χ1v) is 17.1. The molecular formula is C34H46BrN6NaO8. The van der Waals surface area contributed by atoms with Gasteiger partial charge >= 0.3 is 53.4 Å². The van der Waals surface area contributed by atoms with Gasteiger partial charge in [0.05, 0.1) is 44.8 Å². The molecule has 0 amide bonds. The second-order valence-corrected chi connectivity index (χ2v) is 12.3. The Balaban J connectivity index is 0.000000412. The number of ether oxygens (including phenoxy) is 4. The summed E-state index contributed by atoms with van der Waals surface area (Å²) >= 11 is 3.21. The van der Waals surface area contributed by atoms with Gasteiger partial charge in [-0.1, -0.05) is 98.1 Å². The van der Waals surface area contributed by atoms with Gasteiger partial charge in [0.2, 0.25) is 0 Å². The maximum atomic E-state index is 12.5. The molecule has 0 bridgehead atoms. The van der Waals surface area contributed by atoms with Crippen LogP contribution in [0.25, 0.3) is 22.1 Å². The van der Waals surface area contributed by atoms with E-state index in [4.69, 9.17) is 14.2 Å². The molecule has 0 aliphatic heterocycles. The summed E-state index contributed by atoms with van der Waals surface area (Å²) in [4.78, 5) is 46.4. The van der Waals surface area contributed by atoms with Crippen molar-refractivity contribution in [1.82, 2.24) is 30.4 Å². The van der Waals surface area contributed by atoms with Crippen molar-refractivity contribution in [3.05, 3.63) is 48.5 Å². The number of rotatable bonds is 15. The van der Waals surface area contributed by atoms with E-state index in [1.807, 2.05) is 62.4 Å². The number of aromatic nitrogens is 6. The molecule has 0 saturated carbocycles. The van der Waals surface area contributed by atoms with Crippen molar-refractivity contribution in [3.8, 4) is 0 Å². The number of fused-ring (bicyclic) bond motifs is 2. The molecule has 0 fully saturated rings. The zero-order valence-electron chi connectivity index (χ0n) is 29.9. The van der Waals surface area contributed by atoms with Crippen LogP contribution >= 0.6 is 15.9 Å². The summed E-state index contributed by atoms with van der Waals surface area (Å²) in [5.41, 5.74) is 3.14. The maximum Gasteiger partial charge on any atom is 1.00 e. The zero-order chi connectivity index (χ0) is 36.2. The summed E-state index contributed by atoms with van der Waals surface area (Å²) in [7, 11) is 2.67. The van der Waals surface area contributed by atoms with E-state index >= 15 is 0 Å². The zero-order valence-corrected chi connectivity index (χ0v) is 33.5. The molecule has 4 unspecified atom stereocenters. The van der Waals surface area contributed by atoms with Crippen molar-refractivity contribution >= 4 is 61.9 Å². The molecule has 50 heavy (non-hydrogen) atoms. The fourth-order valence-electron chi connectivity index (χ4n) is 4.32. The summed E-state index contributed by atoms with van der Waals surface area (Å²) < 4.78 is 21.2. The number of nitrogens with zero attached hydrogens (tertiary/aromatic N) is 6. The van der Waals surface area contributed by atoms with Crippen LogP contribution in [0.2, 0.25) is 0 Å². The third-order valence-electron chi connectivity index (χ3n) is 7.22. The summed E-state index contributed by atoms with van der Waals surface area (Å²) in [6.07, 6.45) is 4.20. The second-order valence-electron chi connectivity index (χ2n) is 11.1. The van der Waals surface area contributed by atoms with Gasteiger partial charge in [-0.3, -0.25) is 19.6 Å². The predicted octanol–water partition coefficient (Wildman–Crippen LogP) is 2.40. The Morgan fingerprint density at radius 3 is 1.88 bits per heavy atom. The van der Waals surface area contributed by atoms with Crippen LogP contribution in [-0.2, 0) is 38.1 Å². The van der Waals surface area contributed by atoms with Crippen molar-refractivity contribution in [1.29, 1.82) is 0 Å². The van der Waals surface area contributed by atoms with E-state index in [2.05, 4.69) is 46.4 Å². The van der Waals surface area contributed by atoms with Gasteiger partial charge in [-0.05, 0) is 48.8 Å². The molecule has 0 radical (unpaired) electrons. The topological polar surface area (TPSA) is 176 Å². The number of carbonyl (C=O) groups is 4. The van der Waals surface area contributed by atoms with Crippen LogP contribution in [0.1, 0.15) is 72.3 Å². The first-order valence-electron chi connectivity index (χ1n) is 16.2. The van der Waals surface area contributed by atoms with E-state index < -0.39 is 22.8 Å². The van der Waals surface area contributed by atoms with Crippen LogP contribution in [0.4, 0.5) is 0 Å². The van der Waals surface area contributed by atoms with Crippen LogP contribution in [0.3, 0.4) is 0 Å². The molecule has 4 rings (SSSR count). The number of benzene rings is 2. The summed E-state index contributed by atoms with van der Waals surface area (Å²) in [5, 5.41) is 19.2. The first kappa shape index (κ1) is 44.6. The third kappa shape index (κ3) is 14.8. The van der Waals surface area contributed by atoms with Crippen LogP contribution in [0.5, 0.6) is 0 Å². The SMILES string of the molecule is CCCCOC(=O)C(Br)CC(C)C(=O)OC.CCCCOC(=O)C(CC(C)C(=O)OC)n1nnc2ccccc21.[Na+].c1ccc2[n-]nnc2c1. The molecule has 4 atom stereocenters. The smallest absolute Gasteiger partial charge is 0.469 e. The van der Waals surface area contributed by atoms with Gasteiger partial charge in [-0.2, -0.15) is 0 Å². The number of alkyl halides is 1. The molecular weight excluding hydrogens is 723 g/mol. The first-order chi connectivity index (χ1) is 23.6. The van der Waals surface area contributed by atoms with Gasteiger partial charge in [0.15, 0.2) is 6.04 Å². The maximum absolute atomic E-state index is 12.5. The van der Waals surface area contributed by atoms with Gasteiger partial charge in [0, 0.05) is 0 Å². The molecule has 268 valence electrons. The van der Waals surface area contributed by atoms with E-state index in [0.717, 1.165) is 42.2 Å². The van der Waals surface area contributed by atoms with E-state index in [0.29, 0.717) is 25.2 Å². The van der Waals surface area contributed by atoms with Crippen molar-refractivity contribution in [2.75, 3.05) is 27.4 Å². The molecule has 0 N–H and O–H groups in total. The molecule has 2 aromatic heterocycles. The fourth-order valence-corrected chi connectivity index (χ4v) is 5.02. The Hall–Kier alpha value is -3.40. The van der Waals surface area contributed by atoms with Crippen LogP contribution in [0.15, 0.2) is 48.5 Å². The van der Waals surface area contributed by atoms with Crippen LogP contribution in [0, 0.1) is 11.8 Å². The van der Waals surface area contributed by atoms with Crippen molar-refractivity contribution in [2.24, 2.45) is 11.8 Å². The molecule has 4 aromatic rings. The fraction of sp³-hybridized carbons (Fsp3) is 0.529. The average Bonchev–Trinajstić information content (AvgIpc) is 3.78. The standard InChI is InChI=1S/C17H23N3O4.C11H19BrO4.C6H4N3.Na/c1-4-5-10-24-17(22)15(11-12(2)16(21)23-3)20-14-9-7-6-8-13(14)18-19-20;1-4-5-6-16-11(14)9(12)7-8(2)10(13)15-3;1-2-4-6-5(3-1)7-9-8-6;/h6-9,12,15H,4-5,10-11H2,1-3H3;8-9H,4-7H2,1-3H3;1-4H;/q;;-1;+1. The van der Waals surface area contributed by atoms with Crippen molar-refractivity contribution in [2.45, 2.75) is 77.1 Å². The molecule has 0 aliphatic carbocycles. The van der Waals surface area contributed by atoms with Crippen molar-refractivity contribution in [3.63, 3.8) is 0 Å². The van der Waals surface area contributed by atoms with Crippen LogP contribution < -0.4 is 34.7 Å². The van der Waals surface area contributed by atoms with E-state index in [9.17, 15) is 19.2 Å². The molecule has 14 nitrogen and oxygen atoms in total. The van der Waals surface area contributed by atoms with Crippen molar-refractivity contribution < 1.29 is 67.7 Å². The Kier molecular flexibility index (Phi) is 22.0. The Labute approximate surface area is 323 Å². The van der Waals surface area contributed by atoms with Gasteiger partial charge < -0.3 is 29.1 Å². The molecule has 0 aliphatic rings. The number of unbranched alkanes of at least 4 members (excludes halogenated alkanes) is 2. The molecule has 2 aromatic carbocycles. The van der Waals surface area contributed by atoms with Crippen LogP contribution in [-0.4, -0.2) is 81.4 Å². The Bertz CT molecular complexity index is 1570. The van der Waals surface area contributed by atoms with Gasteiger partial charge in [-0.25, -0.2) is 9.48 Å². The molecule has 2 heterocycles. The normalized spacial score (nSPS) is 12.8. The van der Waals surface area contributed by atoms with E-state index in [1.165, 1.54) is 18.9 Å². The summed E-state index contributed by atoms with van der Waals surface area (Å²) in [6, 6.07) is 14.2. The third-order valence-corrected chi connectivity index (χ3v) is 7.96. The number of hydrogen-bond acceptors (Lipinski definition) is 12. The van der Waals surface area contributed by atoms with Gasteiger partial charge in [0.1, 0.15) is 10.3 Å². The number of esters is 4. The van der Waals surface area contributed by atoms with Gasteiger partial charge in [0.25, 0.3) is 0 Å².